The van der Waals surface area contributed by atoms with Crippen LogP contribution in [0.1, 0.15) is 0 Å². The van der Waals surface area contributed by atoms with Crippen LogP contribution in [0.3, 0.4) is 0 Å². The van der Waals surface area contributed by atoms with Gasteiger partial charge < -0.3 is 0 Å². The van der Waals surface area contributed by atoms with Crippen LogP contribution in [-0.4, -0.2) is 8.07 Å². The van der Waals surface area contributed by atoms with E-state index in [9.17, 15) is 0 Å². The molecular formula is C16H24PtSi. The van der Waals surface area contributed by atoms with Gasteiger partial charge in [-0.25, -0.2) is 0 Å². The van der Waals surface area contributed by atoms with Gasteiger partial charge >= 0.3 is 116 Å². The van der Waals surface area contributed by atoms with Gasteiger partial charge in [-0.3, -0.25) is 0 Å². The number of benzene rings is 1. The first-order valence-corrected chi connectivity index (χ1v) is 17.0. The summed E-state index contributed by atoms with van der Waals surface area (Å²) in [5.74, 6) is 0. The zero-order valence-corrected chi connectivity index (χ0v) is 15.3. The maximum atomic E-state index is 2.55. The molecule has 2 heteroatoms. The number of hydrogen-bond donors (Lipinski definition) is 0. The van der Waals surface area contributed by atoms with Gasteiger partial charge in [0.05, 0.1) is 0 Å². The summed E-state index contributed by atoms with van der Waals surface area (Å²) in [4.78, 5) is 0. The summed E-state index contributed by atoms with van der Waals surface area (Å²) in [6.45, 7) is 5.08. The minimum absolute atomic E-state index is 0.390. The molecule has 0 heterocycles. The van der Waals surface area contributed by atoms with Crippen LogP contribution in [0.15, 0.2) is 54.6 Å². The fourth-order valence-electron chi connectivity index (χ4n) is 2.83. The maximum absolute atomic E-state index is 2.55. The topological polar surface area (TPSA) is 0 Å². The number of rotatable bonds is 3. The van der Waals surface area contributed by atoms with Gasteiger partial charge in [-0.1, -0.05) is 0 Å². The number of hydrogen-bond acceptors (Lipinski definition) is 0. The molecule has 1 aliphatic carbocycles. The summed E-state index contributed by atoms with van der Waals surface area (Å²) >= 11 is -1.77. The van der Waals surface area contributed by atoms with Gasteiger partial charge in [-0.05, 0) is 0 Å². The Morgan fingerprint density at radius 3 is 1.83 bits per heavy atom. The van der Waals surface area contributed by atoms with Crippen LogP contribution < -0.4 is 5.19 Å². The second kappa shape index (κ2) is 4.61. The van der Waals surface area contributed by atoms with Gasteiger partial charge in [0.1, 0.15) is 0 Å². The van der Waals surface area contributed by atoms with Crippen molar-refractivity contribution >= 4 is 13.3 Å². The second-order valence-corrected chi connectivity index (χ2v) is 23.7. The molecule has 0 radical (unpaired) electrons. The van der Waals surface area contributed by atoms with Crippen molar-refractivity contribution in [3.63, 3.8) is 0 Å². The van der Waals surface area contributed by atoms with Crippen molar-refractivity contribution in [1.82, 2.24) is 0 Å². The first-order valence-electron chi connectivity index (χ1n) is 6.09. The molecule has 0 aromatic heterocycles. The molecule has 0 unspecified atom stereocenters. The van der Waals surface area contributed by atoms with Gasteiger partial charge in [-0.15, -0.1) is 0 Å². The molecule has 0 saturated heterocycles. The average Bonchev–Trinajstić information content (AvgIpc) is 2.80. The van der Waals surface area contributed by atoms with E-state index in [0.717, 1.165) is 0 Å². The van der Waals surface area contributed by atoms with E-state index < -0.39 is 24.1 Å². The molecular weight excluding hydrogens is 415 g/mol. The molecule has 0 N–H and O–H groups in total. The van der Waals surface area contributed by atoms with Crippen LogP contribution in [0.25, 0.3) is 0 Å². The Bertz CT molecular complexity index is 466. The molecule has 0 bridgehead atoms. The SMILES string of the molecule is C[Si](C)(c1ccccc1)[C]1([Pt]([CH3])([CH3])[CH3])C=CC=C1. The van der Waals surface area contributed by atoms with Gasteiger partial charge in [0.15, 0.2) is 0 Å². The Labute approximate surface area is 116 Å². The fraction of sp³-hybridized carbons (Fsp3) is 0.375. The van der Waals surface area contributed by atoms with E-state index in [2.05, 4.69) is 83.7 Å². The molecule has 2 rings (SSSR count). The van der Waals surface area contributed by atoms with Crippen LogP contribution in [0.5, 0.6) is 0 Å². The summed E-state index contributed by atoms with van der Waals surface area (Å²) in [7, 11) is -1.53. The predicted molar refractivity (Wildman–Crippen MR) is 82.1 cm³/mol. The van der Waals surface area contributed by atoms with Crippen LogP contribution in [-0.2, 0) is 16.1 Å². The molecule has 1 aromatic rings. The van der Waals surface area contributed by atoms with Gasteiger partial charge in [-0.2, -0.15) is 0 Å². The first-order chi connectivity index (χ1) is 8.31. The molecule has 1 aromatic carbocycles. The second-order valence-electron chi connectivity index (χ2n) is 5.85. The van der Waals surface area contributed by atoms with Crippen molar-refractivity contribution in [3.05, 3.63) is 54.6 Å². The van der Waals surface area contributed by atoms with E-state index in [1.54, 1.807) is 5.19 Å². The molecule has 0 spiro atoms. The minimum atomic E-state index is -1.77. The van der Waals surface area contributed by atoms with Crippen molar-refractivity contribution in [1.29, 1.82) is 0 Å². The van der Waals surface area contributed by atoms with Crippen LogP contribution in [0.2, 0.25) is 32.5 Å². The van der Waals surface area contributed by atoms with E-state index in [4.69, 9.17) is 0 Å². The summed E-state index contributed by atoms with van der Waals surface area (Å²) < 4.78 is 0.390. The molecule has 0 fully saturated rings. The van der Waals surface area contributed by atoms with E-state index in [0.29, 0.717) is 3.43 Å². The summed E-state index contributed by atoms with van der Waals surface area (Å²) in [6.07, 6.45) is 9.57. The zero-order valence-electron chi connectivity index (χ0n) is 12.0. The third-order valence-corrected chi connectivity index (χ3v) is 22.5. The van der Waals surface area contributed by atoms with Crippen LogP contribution >= 0.6 is 0 Å². The molecule has 18 heavy (non-hydrogen) atoms. The quantitative estimate of drug-likeness (QED) is 0.598. The van der Waals surface area contributed by atoms with Gasteiger partial charge in [0, 0.05) is 0 Å². The van der Waals surface area contributed by atoms with E-state index in [1.165, 1.54) is 0 Å². The Balaban J connectivity index is 2.58. The molecule has 0 saturated carbocycles. The third-order valence-electron chi connectivity index (χ3n) is 3.97. The normalized spacial score (nSPS) is 19.2. The van der Waals surface area contributed by atoms with Crippen molar-refractivity contribution < 1.29 is 16.1 Å². The molecule has 0 nitrogen and oxygen atoms in total. The Morgan fingerprint density at radius 1 is 0.889 bits per heavy atom. The van der Waals surface area contributed by atoms with Crippen LogP contribution in [0.4, 0.5) is 0 Å². The molecule has 1 aliphatic rings. The zero-order chi connectivity index (χ0) is 13.4. The Hall–Kier alpha value is -0.395. The average molecular weight is 440 g/mol. The van der Waals surface area contributed by atoms with Crippen molar-refractivity contribution in [2.24, 2.45) is 0 Å². The molecule has 102 valence electrons. The Morgan fingerprint density at radius 2 is 1.39 bits per heavy atom. The first kappa shape index (κ1) is 14.0. The fourth-order valence-corrected chi connectivity index (χ4v) is 23.0. The predicted octanol–water partition coefficient (Wildman–Crippen LogP) is 4.72. The monoisotopic (exact) mass is 439 g/mol. The molecule has 0 atom stereocenters. The van der Waals surface area contributed by atoms with Crippen molar-refractivity contribution in [2.45, 2.75) is 32.5 Å². The molecule has 0 amide bonds. The standard InChI is InChI=1S/C13H15Si.3CH3.Pt/c1-14(2,13-10-6-7-11-13)12-8-4-3-5-9-12;;;;/h3-11H,1-2H3;3*1H3;. The van der Waals surface area contributed by atoms with Crippen LogP contribution in [0, 0.1) is 0 Å². The summed E-state index contributed by atoms with van der Waals surface area (Å²) in [6, 6.07) is 11.2. The van der Waals surface area contributed by atoms with E-state index in [-0.39, 0.29) is 0 Å². The summed E-state index contributed by atoms with van der Waals surface area (Å²) in [5, 5.41) is 9.22. The van der Waals surface area contributed by atoms with E-state index >= 15 is 0 Å². The third kappa shape index (κ3) is 2.02. The van der Waals surface area contributed by atoms with Gasteiger partial charge in [0.25, 0.3) is 0 Å². The molecule has 0 aliphatic heterocycles. The van der Waals surface area contributed by atoms with Crippen molar-refractivity contribution in [3.8, 4) is 0 Å². The van der Waals surface area contributed by atoms with E-state index in [1.807, 2.05) is 0 Å². The summed E-state index contributed by atoms with van der Waals surface area (Å²) in [5.41, 5.74) is 0. The van der Waals surface area contributed by atoms with Gasteiger partial charge in [0.2, 0.25) is 0 Å². The number of allylic oxidation sites excluding steroid dienone is 4. The Kier molecular flexibility index (Phi) is 3.59. The van der Waals surface area contributed by atoms with Crippen molar-refractivity contribution in [2.75, 3.05) is 0 Å².